The maximum absolute atomic E-state index is 13.9. The Morgan fingerprint density at radius 2 is 2.04 bits per heavy atom. The molecule has 0 aliphatic carbocycles. The summed E-state index contributed by atoms with van der Waals surface area (Å²) in [5, 5.41) is 10.4. The van der Waals surface area contributed by atoms with Gasteiger partial charge in [0.1, 0.15) is 18.1 Å². The molecule has 2 aromatic carbocycles. The zero-order valence-electron chi connectivity index (χ0n) is 14.3. The van der Waals surface area contributed by atoms with Crippen LogP contribution in [0.2, 0.25) is 5.02 Å². The summed E-state index contributed by atoms with van der Waals surface area (Å²) in [6, 6.07) is 9.38. The molecule has 1 aromatic heterocycles. The monoisotopic (exact) mass is 390 g/mol. The Morgan fingerprint density at radius 1 is 1.22 bits per heavy atom. The average Bonchev–Trinajstić information content (AvgIpc) is 3.12. The van der Waals surface area contributed by atoms with Gasteiger partial charge >= 0.3 is 0 Å². The summed E-state index contributed by atoms with van der Waals surface area (Å²) in [5.41, 5.74) is 6.43. The number of halogens is 2. The maximum Gasteiger partial charge on any atom is 0.271 e. The largest absolute Gasteiger partial charge is 0.490 e. The van der Waals surface area contributed by atoms with Crippen molar-refractivity contribution in [3.8, 4) is 22.8 Å². The smallest absolute Gasteiger partial charge is 0.271 e. The molecule has 0 saturated heterocycles. The lowest BCUT2D eigenvalue weighted by Gasteiger charge is -2.14. The summed E-state index contributed by atoms with van der Waals surface area (Å²) in [7, 11) is 0. The number of nitrogens with one attached hydrogen (secondary N) is 1. The van der Waals surface area contributed by atoms with Crippen LogP contribution in [0, 0.1) is 5.82 Å². The number of carbonyl (C=O) groups excluding carboxylic acids is 1. The van der Waals surface area contributed by atoms with E-state index >= 15 is 0 Å². The SMILES string of the molecule is CCOc1cc(-c2n[nH]nc2C(N)=O)ccc1OCc1c(F)cccc1Cl. The molecule has 140 valence electrons. The highest BCUT2D eigenvalue weighted by atomic mass is 35.5. The Hall–Kier alpha value is -3.13. The van der Waals surface area contributed by atoms with Crippen LogP contribution in [0.1, 0.15) is 23.0 Å². The van der Waals surface area contributed by atoms with Gasteiger partial charge in [-0.2, -0.15) is 15.4 Å². The van der Waals surface area contributed by atoms with Crippen LogP contribution in [0.4, 0.5) is 4.39 Å². The van der Waals surface area contributed by atoms with Gasteiger partial charge in [-0.25, -0.2) is 4.39 Å². The number of hydrogen-bond acceptors (Lipinski definition) is 5. The number of benzene rings is 2. The molecule has 3 rings (SSSR count). The van der Waals surface area contributed by atoms with Crippen LogP contribution in [0.5, 0.6) is 11.5 Å². The first-order valence-electron chi connectivity index (χ1n) is 8.04. The molecule has 27 heavy (non-hydrogen) atoms. The Balaban J connectivity index is 1.90. The number of rotatable bonds is 7. The van der Waals surface area contributed by atoms with Crippen molar-refractivity contribution >= 4 is 17.5 Å². The van der Waals surface area contributed by atoms with Crippen LogP contribution in [0.3, 0.4) is 0 Å². The van der Waals surface area contributed by atoms with E-state index in [0.717, 1.165) is 0 Å². The van der Waals surface area contributed by atoms with E-state index in [4.69, 9.17) is 26.8 Å². The van der Waals surface area contributed by atoms with Gasteiger partial charge in [-0.15, -0.1) is 0 Å². The normalized spacial score (nSPS) is 10.6. The number of primary amides is 1. The third-order valence-corrected chi connectivity index (χ3v) is 4.09. The first kappa shape index (κ1) is 18.7. The van der Waals surface area contributed by atoms with E-state index in [1.54, 1.807) is 24.3 Å². The molecule has 9 heteroatoms. The van der Waals surface area contributed by atoms with Crippen molar-refractivity contribution in [1.29, 1.82) is 0 Å². The van der Waals surface area contributed by atoms with Crippen molar-refractivity contribution in [1.82, 2.24) is 15.4 Å². The molecule has 3 aromatic rings. The van der Waals surface area contributed by atoms with Crippen LogP contribution in [-0.2, 0) is 6.61 Å². The second-order valence-corrected chi connectivity index (χ2v) is 5.88. The number of H-pyrrole nitrogens is 1. The van der Waals surface area contributed by atoms with Crippen molar-refractivity contribution in [2.45, 2.75) is 13.5 Å². The fourth-order valence-electron chi connectivity index (χ4n) is 2.47. The van der Waals surface area contributed by atoms with Gasteiger partial charge in [0.05, 0.1) is 11.6 Å². The summed E-state index contributed by atoms with van der Waals surface area (Å²) in [6.45, 7) is 2.12. The highest BCUT2D eigenvalue weighted by Gasteiger charge is 2.18. The fourth-order valence-corrected chi connectivity index (χ4v) is 2.68. The van der Waals surface area contributed by atoms with Gasteiger partial charge in [0.15, 0.2) is 17.2 Å². The standard InChI is InChI=1S/C18H16ClFN4O3/c1-2-26-15-8-10(16-17(18(21)25)23-24-22-16)6-7-14(15)27-9-11-12(19)4-3-5-13(11)20/h3-8H,2,9H2,1H3,(H2,21,25)(H,22,23,24). The molecule has 0 radical (unpaired) electrons. The molecule has 3 N–H and O–H groups in total. The van der Waals surface area contributed by atoms with Crippen LogP contribution >= 0.6 is 11.6 Å². The van der Waals surface area contributed by atoms with Gasteiger partial charge in [-0.05, 0) is 37.3 Å². The summed E-state index contributed by atoms with van der Waals surface area (Å²) in [6.07, 6.45) is 0. The third kappa shape index (κ3) is 4.01. The average molecular weight is 391 g/mol. The highest BCUT2D eigenvalue weighted by molar-refractivity contribution is 6.31. The number of ether oxygens (including phenoxy) is 2. The maximum atomic E-state index is 13.9. The Labute approximate surface area is 159 Å². The number of amides is 1. The van der Waals surface area contributed by atoms with Crippen LogP contribution in [0.25, 0.3) is 11.3 Å². The highest BCUT2D eigenvalue weighted by Crippen LogP contribution is 2.34. The Bertz CT molecular complexity index is 957. The number of carbonyl (C=O) groups is 1. The summed E-state index contributed by atoms with van der Waals surface area (Å²) in [4.78, 5) is 11.5. The third-order valence-electron chi connectivity index (χ3n) is 3.73. The van der Waals surface area contributed by atoms with Crippen molar-refractivity contribution < 1.29 is 18.7 Å². The zero-order chi connectivity index (χ0) is 19.4. The molecule has 1 heterocycles. The van der Waals surface area contributed by atoms with Crippen molar-refractivity contribution in [2.24, 2.45) is 5.73 Å². The minimum atomic E-state index is -0.703. The zero-order valence-corrected chi connectivity index (χ0v) is 15.1. The molecule has 1 amide bonds. The molecule has 0 aliphatic heterocycles. The number of aromatic amines is 1. The van der Waals surface area contributed by atoms with E-state index in [1.165, 1.54) is 12.1 Å². The van der Waals surface area contributed by atoms with Crippen molar-refractivity contribution in [2.75, 3.05) is 6.61 Å². The van der Waals surface area contributed by atoms with E-state index in [-0.39, 0.29) is 22.9 Å². The topological polar surface area (TPSA) is 103 Å². The summed E-state index contributed by atoms with van der Waals surface area (Å²) >= 11 is 6.02. The van der Waals surface area contributed by atoms with E-state index in [0.29, 0.717) is 29.4 Å². The lowest BCUT2D eigenvalue weighted by molar-refractivity contribution is 0.0996. The molecule has 0 aliphatic rings. The van der Waals surface area contributed by atoms with Crippen molar-refractivity contribution in [3.05, 3.63) is 58.5 Å². The van der Waals surface area contributed by atoms with Gasteiger partial charge in [-0.3, -0.25) is 4.79 Å². The molecular weight excluding hydrogens is 375 g/mol. The molecule has 7 nitrogen and oxygen atoms in total. The number of nitrogens with zero attached hydrogens (tertiary/aromatic N) is 2. The fraction of sp³-hybridized carbons (Fsp3) is 0.167. The van der Waals surface area contributed by atoms with E-state index < -0.39 is 11.7 Å². The van der Waals surface area contributed by atoms with Gasteiger partial charge in [0, 0.05) is 11.1 Å². The van der Waals surface area contributed by atoms with Crippen LogP contribution in [0.15, 0.2) is 36.4 Å². The Morgan fingerprint density at radius 3 is 2.74 bits per heavy atom. The van der Waals surface area contributed by atoms with E-state index in [9.17, 15) is 9.18 Å². The predicted molar refractivity (Wildman–Crippen MR) is 97.2 cm³/mol. The Kier molecular flexibility index (Phi) is 5.56. The van der Waals surface area contributed by atoms with Gasteiger partial charge in [0.25, 0.3) is 5.91 Å². The number of aromatic nitrogens is 3. The lowest BCUT2D eigenvalue weighted by Crippen LogP contribution is -2.12. The molecular formula is C18H16ClFN4O3. The van der Waals surface area contributed by atoms with Crippen LogP contribution < -0.4 is 15.2 Å². The van der Waals surface area contributed by atoms with E-state index in [1.807, 2.05) is 6.92 Å². The summed E-state index contributed by atoms with van der Waals surface area (Å²) < 4.78 is 25.2. The van der Waals surface area contributed by atoms with Gasteiger partial charge in [-0.1, -0.05) is 17.7 Å². The minimum absolute atomic E-state index is 0.0178. The molecule has 0 atom stereocenters. The molecule has 0 unspecified atom stereocenters. The molecule has 0 saturated carbocycles. The molecule has 0 bridgehead atoms. The first-order valence-corrected chi connectivity index (χ1v) is 8.42. The first-order chi connectivity index (χ1) is 13.0. The van der Waals surface area contributed by atoms with Gasteiger partial charge in [0.2, 0.25) is 0 Å². The quantitative estimate of drug-likeness (QED) is 0.644. The number of nitrogens with two attached hydrogens (primary N) is 1. The number of hydrogen-bond donors (Lipinski definition) is 2. The van der Waals surface area contributed by atoms with E-state index in [2.05, 4.69) is 15.4 Å². The van der Waals surface area contributed by atoms with Gasteiger partial charge < -0.3 is 15.2 Å². The second-order valence-electron chi connectivity index (χ2n) is 5.47. The van der Waals surface area contributed by atoms with Crippen LogP contribution in [-0.4, -0.2) is 27.9 Å². The second kappa shape index (κ2) is 8.05. The minimum Gasteiger partial charge on any atom is -0.490 e. The molecule has 0 fully saturated rings. The predicted octanol–water partition coefficient (Wildman–Crippen LogP) is 3.34. The lowest BCUT2D eigenvalue weighted by atomic mass is 10.1. The molecule has 0 spiro atoms. The summed E-state index contributed by atoms with van der Waals surface area (Å²) in [5.74, 6) is -0.359. The van der Waals surface area contributed by atoms with Crippen molar-refractivity contribution in [3.63, 3.8) is 0 Å².